The lowest BCUT2D eigenvalue weighted by atomic mass is 9.96. The molecule has 1 unspecified atom stereocenters. The van der Waals surface area contributed by atoms with Crippen molar-refractivity contribution in [2.24, 2.45) is 0 Å². The van der Waals surface area contributed by atoms with Gasteiger partial charge in [0.15, 0.2) is 5.67 Å². The zero-order valence-electron chi connectivity index (χ0n) is 13.9. The average molecular weight is 361 g/mol. The van der Waals surface area contributed by atoms with E-state index in [1.807, 2.05) is 0 Å². The molecule has 1 atom stereocenters. The predicted molar refractivity (Wildman–Crippen MR) is 77.2 cm³/mol. The molecule has 1 aliphatic rings. The SMILES string of the molecule is [2H]C([2H])([2H])OCC1(F)CCc2c(Br)c(-c3ccc(F)cn3)nn2C1. The van der Waals surface area contributed by atoms with E-state index in [4.69, 9.17) is 4.11 Å². The fourth-order valence-electron chi connectivity index (χ4n) is 2.46. The molecule has 0 N–H and O–H groups in total. The lowest BCUT2D eigenvalue weighted by molar-refractivity contribution is 0.00984. The van der Waals surface area contributed by atoms with Gasteiger partial charge in [0.25, 0.3) is 0 Å². The fourth-order valence-corrected chi connectivity index (χ4v) is 3.15. The highest BCUT2D eigenvalue weighted by Crippen LogP contribution is 2.36. The molecule has 3 heterocycles. The summed E-state index contributed by atoms with van der Waals surface area (Å²) in [5.41, 5.74) is -0.0574. The maximum absolute atomic E-state index is 14.9. The number of hydrogen-bond donors (Lipinski definition) is 0. The Morgan fingerprint density at radius 1 is 1.57 bits per heavy atom. The molecule has 7 heteroatoms. The van der Waals surface area contributed by atoms with Gasteiger partial charge in [0.1, 0.15) is 11.5 Å². The molecule has 0 aromatic carbocycles. The largest absolute Gasteiger partial charge is 0.381 e. The predicted octanol–water partition coefficient (Wildman–Crippen LogP) is 3.15. The van der Waals surface area contributed by atoms with E-state index in [1.165, 1.54) is 16.8 Å². The summed E-state index contributed by atoms with van der Waals surface area (Å²) in [5, 5.41) is 4.34. The third-order valence-corrected chi connectivity index (χ3v) is 4.37. The lowest BCUT2D eigenvalue weighted by Gasteiger charge is -2.29. The van der Waals surface area contributed by atoms with Crippen LogP contribution in [-0.4, -0.2) is 34.1 Å². The fraction of sp³-hybridized carbons (Fsp3) is 0.429. The smallest absolute Gasteiger partial charge is 0.153 e. The summed E-state index contributed by atoms with van der Waals surface area (Å²) < 4.78 is 55.7. The quantitative estimate of drug-likeness (QED) is 0.843. The zero-order valence-corrected chi connectivity index (χ0v) is 12.5. The van der Waals surface area contributed by atoms with Crippen LogP contribution in [0.1, 0.15) is 16.2 Å². The van der Waals surface area contributed by atoms with Crippen molar-refractivity contribution in [2.45, 2.75) is 25.1 Å². The molecule has 2 aromatic rings. The molecular formula is C14H14BrF2N3O. The van der Waals surface area contributed by atoms with Crippen LogP contribution in [0.25, 0.3) is 11.4 Å². The Morgan fingerprint density at radius 3 is 3.14 bits per heavy atom. The van der Waals surface area contributed by atoms with Crippen molar-refractivity contribution in [3.63, 3.8) is 0 Å². The Morgan fingerprint density at radius 2 is 2.43 bits per heavy atom. The molecule has 3 rings (SSSR count). The molecule has 0 fully saturated rings. The molecule has 0 aliphatic carbocycles. The van der Waals surface area contributed by atoms with Crippen LogP contribution in [0.15, 0.2) is 22.8 Å². The Balaban J connectivity index is 1.85. The van der Waals surface area contributed by atoms with Crippen molar-refractivity contribution < 1.29 is 17.6 Å². The van der Waals surface area contributed by atoms with E-state index >= 15 is 0 Å². The van der Waals surface area contributed by atoms with Gasteiger partial charge in [-0.2, -0.15) is 5.10 Å². The average Bonchev–Trinajstić information content (AvgIpc) is 2.82. The minimum absolute atomic E-state index is 0.113. The molecule has 0 radical (unpaired) electrons. The Hall–Kier alpha value is -1.34. The summed E-state index contributed by atoms with van der Waals surface area (Å²) in [6, 6.07) is 2.77. The first-order valence-electron chi connectivity index (χ1n) is 7.87. The van der Waals surface area contributed by atoms with E-state index in [1.54, 1.807) is 0 Å². The highest BCUT2D eigenvalue weighted by molar-refractivity contribution is 9.10. The summed E-state index contributed by atoms with van der Waals surface area (Å²) >= 11 is 3.44. The summed E-state index contributed by atoms with van der Waals surface area (Å²) in [7, 11) is -2.63. The molecule has 4 nitrogen and oxygen atoms in total. The normalized spacial score (nSPS) is 24.0. The number of ether oxygens (including phenoxy) is 1. The first-order chi connectivity index (χ1) is 11.2. The summed E-state index contributed by atoms with van der Waals surface area (Å²) in [6.07, 6.45) is 1.59. The molecular weight excluding hydrogens is 344 g/mol. The van der Waals surface area contributed by atoms with E-state index in [-0.39, 0.29) is 13.0 Å². The van der Waals surface area contributed by atoms with Crippen molar-refractivity contribution in [3.8, 4) is 11.4 Å². The van der Waals surface area contributed by atoms with Crippen LogP contribution in [0, 0.1) is 5.82 Å². The van der Waals surface area contributed by atoms with E-state index in [9.17, 15) is 8.78 Å². The number of hydrogen-bond acceptors (Lipinski definition) is 3. The monoisotopic (exact) mass is 360 g/mol. The third-order valence-electron chi connectivity index (χ3n) is 3.54. The van der Waals surface area contributed by atoms with Crippen molar-refractivity contribution in [1.82, 2.24) is 14.8 Å². The number of alkyl halides is 1. The van der Waals surface area contributed by atoms with Gasteiger partial charge in [-0.3, -0.25) is 9.67 Å². The Bertz CT molecular complexity index is 751. The van der Waals surface area contributed by atoms with Crippen LogP contribution >= 0.6 is 15.9 Å². The lowest BCUT2D eigenvalue weighted by Crippen LogP contribution is -2.39. The topological polar surface area (TPSA) is 39.9 Å². The van der Waals surface area contributed by atoms with Crippen molar-refractivity contribution in [2.75, 3.05) is 13.6 Å². The number of nitrogens with zero attached hydrogens (tertiary/aromatic N) is 3. The number of methoxy groups -OCH3 is 1. The summed E-state index contributed by atoms with van der Waals surface area (Å²) in [5.74, 6) is -0.455. The second kappa shape index (κ2) is 5.46. The maximum Gasteiger partial charge on any atom is 0.153 e. The van der Waals surface area contributed by atoms with Crippen LogP contribution in [0.2, 0.25) is 0 Å². The van der Waals surface area contributed by atoms with Gasteiger partial charge in [-0.15, -0.1) is 0 Å². The van der Waals surface area contributed by atoms with Gasteiger partial charge in [0.2, 0.25) is 0 Å². The standard InChI is InChI=1S/C14H14BrF2N3O/c1-21-8-14(17)5-4-11-12(15)13(19-20(11)7-14)10-3-2-9(16)6-18-10/h2-3,6H,4-5,7-8H2,1H3/i1D3. The Labute approximate surface area is 133 Å². The molecule has 0 saturated heterocycles. The second-order valence-corrected chi connectivity index (χ2v) is 5.86. The van der Waals surface area contributed by atoms with Crippen molar-refractivity contribution in [1.29, 1.82) is 0 Å². The molecule has 1 aliphatic heterocycles. The number of fused-ring (bicyclic) bond motifs is 1. The number of rotatable bonds is 3. The van der Waals surface area contributed by atoms with Gasteiger partial charge in [-0.1, -0.05) is 0 Å². The number of halogens is 3. The van der Waals surface area contributed by atoms with Crippen molar-refractivity contribution >= 4 is 15.9 Å². The molecule has 2 aromatic heterocycles. The van der Waals surface area contributed by atoms with Crippen LogP contribution in [-0.2, 0) is 17.7 Å². The molecule has 0 saturated carbocycles. The molecule has 0 amide bonds. The number of aromatic nitrogens is 3. The van der Waals surface area contributed by atoms with Gasteiger partial charge in [-0.25, -0.2) is 8.78 Å². The first-order valence-corrected chi connectivity index (χ1v) is 7.16. The van der Waals surface area contributed by atoms with Gasteiger partial charge < -0.3 is 4.74 Å². The highest BCUT2D eigenvalue weighted by Gasteiger charge is 2.37. The molecule has 0 spiro atoms. The molecule has 112 valence electrons. The van der Waals surface area contributed by atoms with E-state index in [0.717, 1.165) is 11.9 Å². The highest BCUT2D eigenvalue weighted by atomic mass is 79.9. The van der Waals surface area contributed by atoms with E-state index in [2.05, 4.69) is 30.7 Å². The molecule has 21 heavy (non-hydrogen) atoms. The van der Waals surface area contributed by atoms with Gasteiger partial charge in [0, 0.05) is 7.04 Å². The maximum atomic E-state index is 14.9. The zero-order chi connectivity index (χ0) is 17.5. The van der Waals surface area contributed by atoms with Crippen LogP contribution in [0.5, 0.6) is 0 Å². The second-order valence-electron chi connectivity index (χ2n) is 5.07. The van der Waals surface area contributed by atoms with Crippen LogP contribution in [0.3, 0.4) is 0 Å². The minimum atomic E-state index is -2.63. The van der Waals surface area contributed by atoms with Gasteiger partial charge in [0.05, 0.1) is 39.3 Å². The van der Waals surface area contributed by atoms with Crippen LogP contribution in [0.4, 0.5) is 8.78 Å². The van der Waals surface area contributed by atoms with E-state index < -0.39 is 25.1 Å². The first kappa shape index (κ1) is 11.3. The van der Waals surface area contributed by atoms with E-state index in [0.29, 0.717) is 22.3 Å². The number of pyridine rings is 1. The Kier molecular flexibility index (Phi) is 2.92. The van der Waals surface area contributed by atoms with Crippen LogP contribution < -0.4 is 0 Å². The van der Waals surface area contributed by atoms with Gasteiger partial charge >= 0.3 is 0 Å². The summed E-state index contributed by atoms with van der Waals surface area (Å²) in [4.78, 5) is 3.98. The van der Waals surface area contributed by atoms with Gasteiger partial charge in [-0.05, 0) is 40.9 Å². The summed E-state index contributed by atoms with van der Waals surface area (Å²) in [6.45, 7) is -0.636. The molecule has 0 bridgehead atoms. The van der Waals surface area contributed by atoms with Crippen molar-refractivity contribution in [3.05, 3.63) is 34.3 Å². The third kappa shape index (κ3) is 2.72. The minimum Gasteiger partial charge on any atom is -0.381 e.